The van der Waals surface area contributed by atoms with Gasteiger partial charge in [-0.05, 0) is 30.3 Å². The summed E-state index contributed by atoms with van der Waals surface area (Å²) in [6.45, 7) is -0.0561. The van der Waals surface area contributed by atoms with Crippen LogP contribution in [0.25, 0.3) is 0 Å². The summed E-state index contributed by atoms with van der Waals surface area (Å²) in [5.74, 6) is -0.339. The Morgan fingerprint density at radius 3 is 2.57 bits per heavy atom. The Bertz CT molecular complexity index is 809. The van der Waals surface area contributed by atoms with Crippen molar-refractivity contribution in [3.05, 3.63) is 53.6 Å². The van der Waals surface area contributed by atoms with E-state index in [1.165, 1.54) is 30.3 Å². The van der Waals surface area contributed by atoms with E-state index >= 15 is 0 Å². The summed E-state index contributed by atoms with van der Waals surface area (Å²) in [5.41, 5.74) is 0.438. The monoisotopic (exact) mass is 354 g/mol. The molecular formula is C15H15ClN2O4S. The number of aromatic hydroxyl groups is 1. The number of phenolic OH excluding ortho intramolecular Hbond substituents is 1. The second kappa shape index (κ2) is 7.45. The molecule has 0 atom stereocenters. The van der Waals surface area contributed by atoms with Crippen molar-refractivity contribution in [1.82, 2.24) is 4.72 Å². The van der Waals surface area contributed by atoms with Gasteiger partial charge < -0.3 is 10.4 Å². The molecule has 0 saturated heterocycles. The molecule has 0 radical (unpaired) electrons. The number of sulfonamides is 1. The number of benzene rings is 2. The zero-order chi connectivity index (χ0) is 16.9. The van der Waals surface area contributed by atoms with Crippen LogP contribution in [0.3, 0.4) is 0 Å². The number of halogens is 1. The molecule has 0 aliphatic heterocycles. The number of hydrogen-bond donors (Lipinski definition) is 3. The molecule has 8 heteroatoms. The Kier molecular flexibility index (Phi) is 5.59. The Balaban J connectivity index is 1.88. The van der Waals surface area contributed by atoms with Crippen LogP contribution in [0.2, 0.25) is 5.02 Å². The van der Waals surface area contributed by atoms with E-state index in [-0.39, 0.29) is 29.5 Å². The number of phenols is 1. The predicted octanol–water partition coefficient (Wildman–Crippen LogP) is 2.35. The van der Waals surface area contributed by atoms with Gasteiger partial charge in [0, 0.05) is 29.7 Å². The molecule has 0 fully saturated rings. The summed E-state index contributed by atoms with van der Waals surface area (Å²) in [6.07, 6.45) is -0.0462. The van der Waals surface area contributed by atoms with Crippen molar-refractivity contribution in [3.63, 3.8) is 0 Å². The summed E-state index contributed by atoms with van der Waals surface area (Å²) in [5, 5.41) is 12.2. The van der Waals surface area contributed by atoms with Gasteiger partial charge in [-0.15, -0.1) is 0 Å². The van der Waals surface area contributed by atoms with Crippen LogP contribution < -0.4 is 10.0 Å². The SMILES string of the molecule is O=C(CCNS(=O)(=O)c1cccc(Cl)c1)Nc1cccc(O)c1. The Morgan fingerprint density at radius 1 is 1.13 bits per heavy atom. The average molecular weight is 355 g/mol. The summed E-state index contributed by atoms with van der Waals surface area (Å²) in [6, 6.07) is 11.9. The zero-order valence-electron chi connectivity index (χ0n) is 12.0. The largest absolute Gasteiger partial charge is 0.508 e. The van der Waals surface area contributed by atoms with E-state index in [0.717, 1.165) is 0 Å². The lowest BCUT2D eigenvalue weighted by molar-refractivity contribution is -0.116. The van der Waals surface area contributed by atoms with Crippen LogP contribution in [-0.2, 0) is 14.8 Å². The predicted molar refractivity (Wildman–Crippen MR) is 88.0 cm³/mol. The van der Waals surface area contributed by atoms with Gasteiger partial charge in [0.25, 0.3) is 0 Å². The molecule has 0 unspecified atom stereocenters. The fraction of sp³-hybridized carbons (Fsp3) is 0.133. The third-order valence-corrected chi connectivity index (χ3v) is 4.57. The second-order valence-corrected chi connectivity index (χ2v) is 6.91. The van der Waals surface area contributed by atoms with Gasteiger partial charge in [-0.25, -0.2) is 13.1 Å². The average Bonchev–Trinajstić information content (AvgIpc) is 2.47. The van der Waals surface area contributed by atoms with Gasteiger partial charge in [-0.2, -0.15) is 0 Å². The van der Waals surface area contributed by atoms with Crippen LogP contribution in [0.15, 0.2) is 53.4 Å². The first kappa shape index (κ1) is 17.3. The molecule has 0 saturated carbocycles. The van der Waals surface area contributed by atoms with Gasteiger partial charge >= 0.3 is 0 Å². The molecular weight excluding hydrogens is 340 g/mol. The Morgan fingerprint density at radius 2 is 1.87 bits per heavy atom. The smallest absolute Gasteiger partial charge is 0.240 e. The first-order chi connectivity index (χ1) is 10.9. The lowest BCUT2D eigenvalue weighted by atomic mass is 10.3. The lowest BCUT2D eigenvalue weighted by Gasteiger charge is -2.08. The van der Waals surface area contributed by atoms with Gasteiger partial charge in [0.15, 0.2) is 0 Å². The van der Waals surface area contributed by atoms with Crippen LogP contribution in [-0.4, -0.2) is 26.0 Å². The molecule has 122 valence electrons. The van der Waals surface area contributed by atoms with Crippen molar-refractivity contribution in [2.75, 3.05) is 11.9 Å². The number of carbonyl (C=O) groups excluding carboxylic acids is 1. The third kappa shape index (κ3) is 5.24. The minimum atomic E-state index is -3.71. The highest BCUT2D eigenvalue weighted by Crippen LogP contribution is 2.16. The summed E-state index contributed by atoms with van der Waals surface area (Å²) in [7, 11) is -3.71. The highest BCUT2D eigenvalue weighted by Gasteiger charge is 2.14. The molecule has 6 nitrogen and oxygen atoms in total. The van der Waals surface area contributed by atoms with Crippen LogP contribution in [0.4, 0.5) is 5.69 Å². The van der Waals surface area contributed by atoms with E-state index in [0.29, 0.717) is 10.7 Å². The van der Waals surface area contributed by atoms with Crippen molar-refractivity contribution in [1.29, 1.82) is 0 Å². The number of carbonyl (C=O) groups is 1. The van der Waals surface area contributed by atoms with Crippen molar-refractivity contribution in [2.24, 2.45) is 0 Å². The highest BCUT2D eigenvalue weighted by molar-refractivity contribution is 7.89. The number of rotatable bonds is 6. The van der Waals surface area contributed by atoms with Crippen LogP contribution in [0.1, 0.15) is 6.42 Å². The van der Waals surface area contributed by atoms with E-state index in [4.69, 9.17) is 11.6 Å². The van der Waals surface area contributed by atoms with Crippen molar-refractivity contribution >= 4 is 33.2 Å². The second-order valence-electron chi connectivity index (χ2n) is 4.70. The first-order valence-corrected chi connectivity index (χ1v) is 8.57. The number of hydrogen-bond acceptors (Lipinski definition) is 4. The van der Waals surface area contributed by atoms with E-state index in [1.54, 1.807) is 18.2 Å². The summed E-state index contributed by atoms with van der Waals surface area (Å²) >= 11 is 5.76. The lowest BCUT2D eigenvalue weighted by Crippen LogP contribution is -2.27. The molecule has 0 heterocycles. The number of amides is 1. The molecule has 23 heavy (non-hydrogen) atoms. The summed E-state index contributed by atoms with van der Waals surface area (Å²) < 4.78 is 26.4. The molecule has 2 rings (SSSR count). The van der Waals surface area contributed by atoms with E-state index < -0.39 is 10.0 Å². The molecule has 2 aromatic carbocycles. The quantitative estimate of drug-likeness (QED) is 0.742. The van der Waals surface area contributed by atoms with Crippen LogP contribution in [0, 0.1) is 0 Å². The van der Waals surface area contributed by atoms with Gasteiger partial charge in [-0.3, -0.25) is 4.79 Å². The van der Waals surface area contributed by atoms with Gasteiger partial charge in [-0.1, -0.05) is 23.7 Å². The highest BCUT2D eigenvalue weighted by atomic mass is 35.5. The van der Waals surface area contributed by atoms with Gasteiger partial charge in [0.1, 0.15) is 5.75 Å². The van der Waals surface area contributed by atoms with Crippen molar-refractivity contribution in [2.45, 2.75) is 11.3 Å². The normalized spacial score (nSPS) is 11.2. The summed E-state index contributed by atoms with van der Waals surface area (Å²) in [4.78, 5) is 11.8. The molecule has 0 aliphatic rings. The maximum atomic E-state index is 12.0. The van der Waals surface area contributed by atoms with E-state index in [2.05, 4.69) is 10.0 Å². The van der Waals surface area contributed by atoms with E-state index in [1.807, 2.05) is 0 Å². The third-order valence-electron chi connectivity index (χ3n) is 2.88. The van der Waals surface area contributed by atoms with Gasteiger partial charge in [0.05, 0.1) is 4.90 Å². The molecule has 1 amide bonds. The fourth-order valence-corrected chi connectivity index (χ4v) is 3.16. The standard InChI is InChI=1S/C15H15ClN2O4S/c16-11-3-1-6-14(9-11)23(21,22)17-8-7-15(20)18-12-4-2-5-13(19)10-12/h1-6,9-10,17,19H,7-8H2,(H,18,20). The molecule has 0 aliphatic carbocycles. The molecule has 2 aromatic rings. The fourth-order valence-electron chi connectivity index (χ4n) is 1.82. The number of anilines is 1. The maximum absolute atomic E-state index is 12.0. The van der Waals surface area contributed by atoms with Crippen molar-refractivity contribution < 1.29 is 18.3 Å². The molecule has 0 spiro atoms. The van der Waals surface area contributed by atoms with E-state index in [9.17, 15) is 18.3 Å². The van der Waals surface area contributed by atoms with Crippen molar-refractivity contribution in [3.8, 4) is 5.75 Å². The van der Waals surface area contributed by atoms with Gasteiger partial charge in [0.2, 0.25) is 15.9 Å². The maximum Gasteiger partial charge on any atom is 0.240 e. The Labute approximate surface area is 139 Å². The molecule has 0 aromatic heterocycles. The topological polar surface area (TPSA) is 95.5 Å². The zero-order valence-corrected chi connectivity index (χ0v) is 13.6. The first-order valence-electron chi connectivity index (χ1n) is 6.71. The Hall–Kier alpha value is -2.09. The van der Waals surface area contributed by atoms with Crippen LogP contribution in [0.5, 0.6) is 5.75 Å². The molecule has 0 bridgehead atoms. The van der Waals surface area contributed by atoms with Crippen LogP contribution >= 0.6 is 11.6 Å². The minimum absolute atomic E-state index is 0.0319. The molecule has 3 N–H and O–H groups in total. The number of nitrogens with one attached hydrogen (secondary N) is 2. The minimum Gasteiger partial charge on any atom is -0.508 e.